The molecule has 1 heteroatoms. The van der Waals surface area contributed by atoms with Gasteiger partial charge in [-0.2, -0.15) is 0 Å². The summed E-state index contributed by atoms with van der Waals surface area (Å²) in [4.78, 5) is 0. The highest BCUT2D eigenvalue weighted by molar-refractivity contribution is 5.48. The second-order valence-corrected chi connectivity index (χ2v) is 7.09. The first-order valence-corrected chi connectivity index (χ1v) is 7.14. The van der Waals surface area contributed by atoms with E-state index < -0.39 is 0 Å². The summed E-state index contributed by atoms with van der Waals surface area (Å²) in [6, 6.07) is 6.60. The van der Waals surface area contributed by atoms with Crippen molar-refractivity contribution in [2.75, 3.05) is 0 Å². The Labute approximate surface area is 117 Å². The summed E-state index contributed by atoms with van der Waals surface area (Å²) in [7, 11) is 0. The minimum Gasteiger partial charge on any atom is -0.318 e. The molecule has 1 aliphatic rings. The van der Waals surface area contributed by atoms with Gasteiger partial charge in [0.25, 0.3) is 0 Å². The first kappa shape index (κ1) is 14.2. The molecule has 0 fully saturated rings. The zero-order valence-electron chi connectivity index (χ0n) is 12.8. The smallest absolute Gasteiger partial charge is 0.0639 e. The maximum Gasteiger partial charge on any atom is 0.0639 e. The molecule has 2 rings (SSSR count). The summed E-state index contributed by atoms with van der Waals surface area (Å²) in [6.45, 7) is 11.3. The van der Waals surface area contributed by atoms with E-state index in [-0.39, 0.29) is 16.9 Å². The number of hydrogen-bond donors (Lipinski definition) is 1. The Balaban J connectivity index is 2.51. The van der Waals surface area contributed by atoms with Crippen molar-refractivity contribution in [1.29, 1.82) is 0 Å². The Morgan fingerprint density at radius 1 is 1.05 bits per heavy atom. The lowest BCUT2D eigenvalue weighted by Crippen LogP contribution is -2.33. The molecule has 1 nitrogen and oxygen atoms in total. The van der Waals surface area contributed by atoms with E-state index in [0.717, 1.165) is 5.56 Å². The monoisotopic (exact) mass is 255 g/mol. The number of hydrogen-bond acceptors (Lipinski definition) is 1. The van der Waals surface area contributed by atoms with Crippen LogP contribution in [-0.2, 0) is 10.8 Å². The topological polar surface area (TPSA) is 26.0 Å². The summed E-state index contributed by atoms with van der Waals surface area (Å²) in [6.07, 6.45) is 2.48. The lowest BCUT2D eigenvalue weighted by molar-refractivity contribution is 0.332. The largest absolute Gasteiger partial charge is 0.318 e. The van der Waals surface area contributed by atoms with Crippen LogP contribution in [0.1, 0.15) is 64.2 Å². The van der Waals surface area contributed by atoms with E-state index in [1.807, 2.05) is 6.92 Å². The lowest BCUT2D eigenvalue weighted by Gasteiger charge is -2.41. The molecule has 19 heavy (non-hydrogen) atoms. The average molecular weight is 255 g/mol. The molecular formula is C18H25N. The van der Waals surface area contributed by atoms with Crippen molar-refractivity contribution in [1.82, 2.24) is 0 Å². The molecule has 0 saturated heterocycles. The van der Waals surface area contributed by atoms with E-state index in [4.69, 9.17) is 5.73 Å². The van der Waals surface area contributed by atoms with E-state index in [1.165, 1.54) is 24.0 Å². The van der Waals surface area contributed by atoms with Crippen LogP contribution in [0.5, 0.6) is 0 Å². The van der Waals surface area contributed by atoms with Gasteiger partial charge in [-0.15, -0.1) is 0 Å². The van der Waals surface area contributed by atoms with Gasteiger partial charge in [0.15, 0.2) is 0 Å². The van der Waals surface area contributed by atoms with Crippen LogP contribution in [0.2, 0.25) is 0 Å². The molecule has 102 valence electrons. The van der Waals surface area contributed by atoms with Crippen molar-refractivity contribution in [2.45, 2.75) is 64.3 Å². The van der Waals surface area contributed by atoms with Crippen molar-refractivity contribution in [3.63, 3.8) is 0 Å². The van der Waals surface area contributed by atoms with E-state index in [9.17, 15) is 0 Å². The molecule has 1 aliphatic carbocycles. The Kier molecular flexibility index (Phi) is 3.49. The SMILES string of the molecule is CC(N)C#Cc1ccc2c(c1)C(C)(C)CCC2(C)C. The second kappa shape index (κ2) is 4.69. The van der Waals surface area contributed by atoms with Crippen LogP contribution in [-0.4, -0.2) is 6.04 Å². The summed E-state index contributed by atoms with van der Waals surface area (Å²) in [5.41, 5.74) is 10.2. The molecular weight excluding hydrogens is 230 g/mol. The second-order valence-electron chi connectivity index (χ2n) is 7.09. The number of fused-ring (bicyclic) bond motifs is 1. The third-order valence-electron chi connectivity index (χ3n) is 4.30. The molecule has 2 N–H and O–H groups in total. The van der Waals surface area contributed by atoms with Gasteiger partial charge in [-0.1, -0.05) is 45.6 Å². The normalized spacial score (nSPS) is 20.9. The molecule has 1 unspecified atom stereocenters. The van der Waals surface area contributed by atoms with Crippen molar-refractivity contribution in [2.24, 2.45) is 5.73 Å². The standard InChI is InChI=1S/C18H25N/c1-13(19)6-7-14-8-9-15-16(12-14)18(4,5)11-10-17(15,2)3/h8-9,12-13H,10-11,19H2,1-5H3. The number of nitrogens with two attached hydrogens (primary N) is 1. The highest BCUT2D eigenvalue weighted by Crippen LogP contribution is 2.45. The zero-order valence-corrected chi connectivity index (χ0v) is 12.8. The molecule has 0 radical (unpaired) electrons. The third kappa shape index (κ3) is 2.85. The molecule has 1 atom stereocenters. The number of rotatable bonds is 0. The Bertz CT molecular complexity index is 539. The van der Waals surface area contributed by atoms with E-state index in [2.05, 4.69) is 57.7 Å². The Morgan fingerprint density at radius 3 is 2.21 bits per heavy atom. The third-order valence-corrected chi connectivity index (χ3v) is 4.30. The molecule has 1 aromatic carbocycles. The molecule has 0 aliphatic heterocycles. The van der Waals surface area contributed by atoms with Crippen molar-refractivity contribution >= 4 is 0 Å². The molecule has 0 spiro atoms. The summed E-state index contributed by atoms with van der Waals surface area (Å²) in [5.74, 6) is 6.23. The van der Waals surface area contributed by atoms with Crippen LogP contribution in [0.4, 0.5) is 0 Å². The maximum atomic E-state index is 5.70. The van der Waals surface area contributed by atoms with Crippen LogP contribution in [0, 0.1) is 11.8 Å². The molecule has 0 aromatic heterocycles. The van der Waals surface area contributed by atoms with Gasteiger partial charge in [0.2, 0.25) is 0 Å². The molecule has 0 heterocycles. The highest BCUT2D eigenvalue weighted by atomic mass is 14.6. The highest BCUT2D eigenvalue weighted by Gasteiger charge is 2.36. The van der Waals surface area contributed by atoms with Crippen LogP contribution < -0.4 is 5.73 Å². The maximum absolute atomic E-state index is 5.70. The summed E-state index contributed by atoms with van der Waals surface area (Å²) in [5, 5.41) is 0. The fraction of sp³-hybridized carbons (Fsp3) is 0.556. The number of benzene rings is 1. The van der Waals surface area contributed by atoms with E-state index in [0.29, 0.717) is 0 Å². The van der Waals surface area contributed by atoms with Gasteiger partial charge >= 0.3 is 0 Å². The van der Waals surface area contributed by atoms with Gasteiger partial charge in [-0.3, -0.25) is 0 Å². The van der Waals surface area contributed by atoms with Crippen molar-refractivity contribution in [3.05, 3.63) is 34.9 Å². The van der Waals surface area contributed by atoms with Gasteiger partial charge in [-0.05, 0) is 53.9 Å². The van der Waals surface area contributed by atoms with Crippen LogP contribution in [0.3, 0.4) is 0 Å². The summed E-state index contributed by atoms with van der Waals surface area (Å²) < 4.78 is 0. The predicted molar refractivity (Wildman–Crippen MR) is 82.3 cm³/mol. The van der Waals surface area contributed by atoms with Crippen molar-refractivity contribution < 1.29 is 0 Å². The van der Waals surface area contributed by atoms with E-state index >= 15 is 0 Å². The molecule has 0 saturated carbocycles. The fourth-order valence-corrected chi connectivity index (χ4v) is 2.86. The average Bonchev–Trinajstić information content (AvgIpc) is 2.32. The van der Waals surface area contributed by atoms with Crippen LogP contribution in [0.15, 0.2) is 18.2 Å². The Hall–Kier alpha value is -1.26. The summed E-state index contributed by atoms with van der Waals surface area (Å²) >= 11 is 0. The molecule has 0 amide bonds. The minimum absolute atomic E-state index is 0.0690. The van der Waals surface area contributed by atoms with Crippen molar-refractivity contribution in [3.8, 4) is 11.8 Å². The minimum atomic E-state index is -0.0690. The van der Waals surface area contributed by atoms with E-state index in [1.54, 1.807) is 0 Å². The van der Waals surface area contributed by atoms with Gasteiger partial charge in [0.1, 0.15) is 0 Å². The quantitative estimate of drug-likeness (QED) is 0.702. The first-order valence-electron chi connectivity index (χ1n) is 7.14. The van der Waals surface area contributed by atoms with Gasteiger partial charge in [-0.25, -0.2) is 0 Å². The lowest BCUT2D eigenvalue weighted by atomic mass is 9.63. The Morgan fingerprint density at radius 2 is 1.63 bits per heavy atom. The predicted octanol–water partition coefficient (Wildman–Crippen LogP) is 3.73. The molecule has 0 bridgehead atoms. The van der Waals surface area contributed by atoms with Crippen LogP contribution in [0.25, 0.3) is 0 Å². The van der Waals surface area contributed by atoms with Gasteiger partial charge in [0.05, 0.1) is 6.04 Å². The fourth-order valence-electron chi connectivity index (χ4n) is 2.86. The molecule has 1 aromatic rings. The van der Waals surface area contributed by atoms with Gasteiger partial charge < -0.3 is 5.73 Å². The zero-order chi connectivity index (χ0) is 14.3. The van der Waals surface area contributed by atoms with Crippen LogP contribution >= 0.6 is 0 Å². The van der Waals surface area contributed by atoms with Gasteiger partial charge in [0, 0.05) is 5.56 Å². The first-order chi connectivity index (χ1) is 8.72.